The number of hydrogen-bond acceptors (Lipinski definition) is 7. The molecule has 6 rings (SSSR count). The van der Waals surface area contributed by atoms with E-state index in [-0.39, 0.29) is 12.4 Å². The number of aliphatic hydroxyl groups excluding tert-OH is 1. The van der Waals surface area contributed by atoms with Gasteiger partial charge in [-0.15, -0.1) is 11.3 Å². The lowest BCUT2D eigenvalue weighted by atomic mass is 10.1. The highest BCUT2D eigenvalue weighted by Gasteiger charge is 2.18. The molecule has 6 aromatic rings. The van der Waals surface area contributed by atoms with Gasteiger partial charge in [0.25, 0.3) is 0 Å². The first-order chi connectivity index (χ1) is 16.7. The van der Waals surface area contributed by atoms with Crippen LogP contribution in [0.3, 0.4) is 0 Å². The monoisotopic (exact) mass is 471 g/mol. The number of hydrogen-bond donors (Lipinski definition) is 2. The Morgan fingerprint density at radius 2 is 1.91 bits per heavy atom. The number of imidazole rings is 2. The van der Waals surface area contributed by atoms with Crippen LogP contribution in [0.15, 0.2) is 72.6 Å². The van der Waals surface area contributed by atoms with E-state index >= 15 is 0 Å². The molecule has 0 bridgehead atoms. The first-order valence-corrected chi connectivity index (χ1v) is 11.4. The maximum absolute atomic E-state index is 13.6. The molecule has 0 amide bonds. The molecule has 0 saturated carbocycles. The van der Waals surface area contributed by atoms with Gasteiger partial charge in [0.05, 0.1) is 35.9 Å². The van der Waals surface area contributed by atoms with Gasteiger partial charge in [-0.1, -0.05) is 0 Å². The highest BCUT2D eigenvalue weighted by molar-refractivity contribution is 7.15. The molecule has 2 N–H and O–H groups in total. The second-order valence-corrected chi connectivity index (χ2v) is 8.55. The highest BCUT2D eigenvalue weighted by Crippen LogP contribution is 2.32. The van der Waals surface area contributed by atoms with E-state index in [2.05, 4.69) is 15.3 Å². The van der Waals surface area contributed by atoms with Gasteiger partial charge in [0.2, 0.25) is 5.95 Å². The molecular weight excluding hydrogens is 453 g/mol. The van der Waals surface area contributed by atoms with E-state index in [0.29, 0.717) is 29.5 Å². The standard InChI is InChI=1S/C24H18FN7OS/c25-17-3-1-16(2-4-17)21-22(32-8-6-15(14-33)11-20(32)30-21)19-5-7-26-23(29-19)27-12-18-13-31-9-10-34-24(31)28-18/h1-11,13,33H,12,14H2,(H,26,27,29). The number of anilines is 1. The van der Waals surface area contributed by atoms with Crippen LogP contribution in [0.25, 0.3) is 33.3 Å². The topological polar surface area (TPSA) is 92.6 Å². The lowest BCUT2D eigenvalue weighted by Gasteiger charge is -2.08. The Balaban J connectivity index is 1.40. The molecule has 0 atom stereocenters. The van der Waals surface area contributed by atoms with Crippen molar-refractivity contribution >= 4 is 27.9 Å². The first kappa shape index (κ1) is 20.5. The molecule has 0 aliphatic rings. The summed E-state index contributed by atoms with van der Waals surface area (Å²) < 4.78 is 17.5. The third-order valence-corrected chi connectivity index (χ3v) is 6.23. The fourth-order valence-corrected chi connectivity index (χ4v) is 4.56. The Morgan fingerprint density at radius 3 is 2.74 bits per heavy atom. The number of halogens is 1. The van der Waals surface area contributed by atoms with E-state index in [0.717, 1.165) is 27.5 Å². The molecule has 0 spiro atoms. The Bertz CT molecular complexity index is 1590. The number of fused-ring (bicyclic) bond motifs is 2. The fourth-order valence-electron chi connectivity index (χ4n) is 3.85. The summed E-state index contributed by atoms with van der Waals surface area (Å²) in [6.07, 6.45) is 7.48. The van der Waals surface area contributed by atoms with E-state index < -0.39 is 0 Å². The van der Waals surface area contributed by atoms with Crippen molar-refractivity contribution in [3.63, 3.8) is 0 Å². The van der Waals surface area contributed by atoms with Crippen molar-refractivity contribution in [1.82, 2.24) is 28.7 Å². The third-order valence-electron chi connectivity index (χ3n) is 5.46. The van der Waals surface area contributed by atoms with Gasteiger partial charge in [-0.3, -0.25) is 8.80 Å². The number of pyridine rings is 1. The number of benzene rings is 1. The first-order valence-electron chi connectivity index (χ1n) is 10.5. The van der Waals surface area contributed by atoms with Gasteiger partial charge in [0.1, 0.15) is 11.5 Å². The predicted octanol–water partition coefficient (Wildman–Crippen LogP) is 4.41. The van der Waals surface area contributed by atoms with Gasteiger partial charge < -0.3 is 10.4 Å². The Labute approximate surface area is 197 Å². The smallest absolute Gasteiger partial charge is 0.223 e. The normalized spacial score (nSPS) is 11.5. The molecule has 1 aromatic carbocycles. The van der Waals surface area contributed by atoms with Crippen molar-refractivity contribution in [3.05, 3.63) is 89.7 Å². The van der Waals surface area contributed by atoms with Crippen LogP contribution in [0, 0.1) is 5.82 Å². The Kier molecular flexibility index (Phi) is 5.01. The summed E-state index contributed by atoms with van der Waals surface area (Å²) in [5.74, 6) is 0.144. The maximum Gasteiger partial charge on any atom is 0.223 e. The molecule has 0 radical (unpaired) electrons. The second kappa shape index (κ2) is 8.32. The lowest BCUT2D eigenvalue weighted by Crippen LogP contribution is -2.05. The van der Waals surface area contributed by atoms with Gasteiger partial charge in [-0.25, -0.2) is 24.3 Å². The van der Waals surface area contributed by atoms with Crippen molar-refractivity contribution in [1.29, 1.82) is 0 Å². The predicted molar refractivity (Wildman–Crippen MR) is 128 cm³/mol. The average Bonchev–Trinajstić information content (AvgIpc) is 3.56. The van der Waals surface area contributed by atoms with Crippen LogP contribution in [-0.4, -0.2) is 33.8 Å². The van der Waals surface area contributed by atoms with Crippen LogP contribution in [0.1, 0.15) is 11.3 Å². The number of nitrogens with one attached hydrogen (secondary N) is 1. The minimum atomic E-state index is -0.315. The molecule has 0 fully saturated rings. The summed E-state index contributed by atoms with van der Waals surface area (Å²) in [7, 11) is 0. The SMILES string of the molecule is OCc1ccn2c(-c3ccnc(NCc4cn5ccsc5n4)n3)c(-c3ccc(F)cc3)nc2c1. The van der Waals surface area contributed by atoms with Gasteiger partial charge in [0.15, 0.2) is 4.96 Å². The summed E-state index contributed by atoms with van der Waals surface area (Å²) in [6, 6.07) is 11.7. The van der Waals surface area contributed by atoms with Gasteiger partial charge in [-0.05, 0) is 48.0 Å². The van der Waals surface area contributed by atoms with Crippen molar-refractivity contribution in [2.45, 2.75) is 13.2 Å². The van der Waals surface area contributed by atoms with E-state index in [1.54, 1.807) is 29.7 Å². The Morgan fingerprint density at radius 1 is 1.03 bits per heavy atom. The second-order valence-electron chi connectivity index (χ2n) is 7.68. The van der Waals surface area contributed by atoms with Crippen molar-refractivity contribution in [2.24, 2.45) is 0 Å². The minimum Gasteiger partial charge on any atom is -0.392 e. The molecule has 0 unspecified atom stereocenters. The number of rotatable bonds is 6. The summed E-state index contributed by atoms with van der Waals surface area (Å²) in [6.45, 7) is 0.396. The van der Waals surface area contributed by atoms with Crippen molar-refractivity contribution in [3.8, 4) is 22.6 Å². The van der Waals surface area contributed by atoms with Crippen LogP contribution in [0.5, 0.6) is 0 Å². The largest absolute Gasteiger partial charge is 0.392 e. The molecule has 0 saturated heterocycles. The van der Waals surface area contributed by atoms with E-state index in [1.165, 1.54) is 12.1 Å². The van der Waals surface area contributed by atoms with Gasteiger partial charge in [-0.2, -0.15) is 0 Å². The zero-order valence-corrected chi connectivity index (χ0v) is 18.6. The molecule has 10 heteroatoms. The van der Waals surface area contributed by atoms with Crippen molar-refractivity contribution in [2.75, 3.05) is 5.32 Å². The Hall–Kier alpha value is -4.15. The third kappa shape index (κ3) is 3.68. The molecule has 5 heterocycles. The van der Waals surface area contributed by atoms with Crippen LogP contribution in [-0.2, 0) is 13.2 Å². The lowest BCUT2D eigenvalue weighted by molar-refractivity contribution is 0.282. The van der Waals surface area contributed by atoms with E-state index in [9.17, 15) is 9.50 Å². The zero-order chi connectivity index (χ0) is 23.1. The van der Waals surface area contributed by atoms with Gasteiger partial charge >= 0.3 is 0 Å². The van der Waals surface area contributed by atoms with Crippen molar-refractivity contribution < 1.29 is 9.50 Å². The average molecular weight is 472 g/mol. The summed E-state index contributed by atoms with van der Waals surface area (Å²) in [4.78, 5) is 19.4. The van der Waals surface area contributed by atoms with Crippen LogP contribution < -0.4 is 5.32 Å². The maximum atomic E-state index is 13.6. The number of thiazole rings is 1. The van der Waals surface area contributed by atoms with Crippen LogP contribution in [0.2, 0.25) is 0 Å². The minimum absolute atomic E-state index is 0.0854. The highest BCUT2D eigenvalue weighted by atomic mass is 32.1. The number of nitrogens with zero attached hydrogens (tertiary/aromatic N) is 6. The van der Waals surface area contributed by atoms with E-state index in [4.69, 9.17) is 9.97 Å². The molecule has 34 heavy (non-hydrogen) atoms. The molecule has 0 aliphatic heterocycles. The molecular formula is C24H18FN7OS. The summed E-state index contributed by atoms with van der Waals surface area (Å²) in [5, 5.41) is 14.8. The molecule has 8 nitrogen and oxygen atoms in total. The summed E-state index contributed by atoms with van der Waals surface area (Å²) >= 11 is 1.58. The van der Waals surface area contributed by atoms with Crippen LogP contribution in [0.4, 0.5) is 10.3 Å². The quantitative estimate of drug-likeness (QED) is 0.374. The zero-order valence-electron chi connectivity index (χ0n) is 17.8. The number of aliphatic hydroxyl groups is 1. The van der Waals surface area contributed by atoms with Crippen LogP contribution >= 0.6 is 11.3 Å². The van der Waals surface area contributed by atoms with E-state index in [1.807, 2.05) is 51.0 Å². The fraction of sp³-hybridized carbons (Fsp3) is 0.0833. The van der Waals surface area contributed by atoms with Gasteiger partial charge in [0, 0.05) is 35.7 Å². The summed E-state index contributed by atoms with van der Waals surface area (Å²) in [5.41, 5.74) is 5.13. The molecule has 0 aliphatic carbocycles. The number of aromatic nitrogens is 6. The molecule has 168 valence electrons. The molecule has 5 aromatic heterocycles.